The first kappa shape index (κ1) is 19.4. The fourth-order valence-corrected chi connectivity index (χ4v) is 3.59. The maximum Gasteiger partial charge on any atom is 0.335 e. The van der Waals surface area contributed by atoms with Crippen molar-refractivity contribution in [1.29, 1.82) is 0 Å². The summed E-state index contributed by atoms with van der Waals surface area (Å²) in [6, 6.07) is 16.6. The molecular formula is C23H30N2O2. The average Bonchev–Trinajstić information content (AvgIpc) is 2.66. The number of nitrogens with one attached hydrogen (secondary N) is 1. The largest absolute Gasteiger partial charge is 0.478 e. The molecule has 0 aromatic heterocycles. The Bertz CT molecular complexity index is 770. The van der Waals surface area contributed by atoms with Crippen LogP contribution in [0, 0.1) is 0 Å². The van der Waals surface area contributed by atoms with Crippen LogP contribution < -0.4 is 10.2 Å². The lowest BCUT2D eigenvalue weighted by atomic mass is 9.87. The molecule has 2 aromatic carbocycles. The second-order valence-electron chi connectivity index (χ2n) is 8.44. The lowest BCUT2D eigenvalue weighted by Gasteiger charge is -2.34. The van der Waals surface area contributed by atoms with Gasteiger partial charge in [-0.15, -0.1) is 0 Å². The van der Waals surface area contributed by atoms with Crippen LogP contribution in [0.25, 0.3) is 0 Å². The van der Waals surface area contributed by atoms with Crippen molar-refractivity contribution < 1.29 is 9.90 Å². The van der Waals surface area contributed by atoms with Crippen LogP contribution in [0.15, 0.2) is 48.5 Å². The van der Waals surface area contributed by atoms with Crippen molar-refractivity contribution in [2.45, 2.75) is 51.6 Å². The van der Waals surface area contributed by atoms with E-state index in [0.717, 1.165) is 31.5 Å². The fraction of sp³-hybridized carbons (Fsp3) is 0.435. The Morgan fingerprint density at radius 2 is 1.78 bits per heavy atom. The third-order valence-corrected chi connectivity index (χ3v) is 5.36. The molecule has 144 valence electrons. The van der Waals surface area contributed by atoms with Gasteiger partial charge >= 0.3 is 5.97 Å². The van der Waals surface area contributed by atoms with E-state index in [1.54, 1.807) is 12.1 Å². The molecule has 1 aliphatic heterocycles. The first-order valence-corrected chi connectivity index (χ1v) is 9.74. The second-order valence-corrected chi connectivity index (χ2v) is 8.44. The van der Waals surface area contributed by atoms with Crippen molar-refractivity contribution in [1.82, 2.24) is 5.32 Å². The summed E-state index contributed by atoms with van der Waals surface area (Å²) in [5.74, 6) is -0.873. The summed E-state index contributed by atoms with van der Waals surface area (Å²) in [7, 11) is 0. The third-order valence-electron chi connectivity index (χ3n) is 5.36. The van der Waals surface area contributed by atoms with Crippen molar-refractivity contribution in [3.8, 4) is 0 Å². The Morgan fingerprint density at radius 1 is 1.11 bits per heavy atom. The van der Waals surface area contributed by atoms with Gasteiger partial charge in [-0.3, -0.25) is 0 Å². The summed E-state index contributed by atoms with van der Waals surface area (Å²) in [5, 5.41) is 12.7. The van der Waals surface area contributed by atoms with Gasteiger partial charge in [0, 0.05) is 31.4 Å². The fourth-order valence-electron chi connectivity index (χ4n) is 3.59. The zero-order chi connectivity index (χ0) is 19.4. The molecule has 4 heteroatoms. The number of carbonyl (C=O) groups is 1. The summed E-state index contributed by atoms with van der Waals surface area (Å²) in [6.45, 7) is 9.53. The van der Waals surface area contributed by atoms with E-state index in [-0.39, 0.29) is 5.41 Å². The molecule has 0 unspecified atom stereocenters. The normalized spacial score (nSPS) is 15.7. The van der Waals surface area contributed by atoms with Crippen LogP contribution in [-0.4, -0.2) is 30.2 Å². The molecule has 3 rings (SSSR count). The minimum absolute atomic E-state index is 0.188. The summed E-state index contributed by atoms with van der Waals surface area (Å²) in [5.41, 5.74) is 4.23. The van der Waals surface area contributed by atoms with E-state index in [0.29, 0.717) is 18.2 Å². The molecule has 27 heavy (non-hydrogen) atoms. The maximum absolute atomic E-state index is 11.1. The summed E-state index contributed by atoms with van der Waals surface area (Å²) in [6.07, 6.45) is 2.19. The van der Waals surface area contributed by atoms with Gasteiger partial charge in [-0.1, -0.05) is 45.0 Å². The predicted octanol–water partition coefficient (Wildman–Crippen LogP) is 4.44. The molecule has 0 atom stereocenters. The standard InChI is InChI=1S/C23H30N2O2/c1-23(2,3)19-7-9-21(10-8-19)25-13-11-20(12-14-25)24-16-17-5-4-6-18(15-17)22(26)27/h4-10,15,20,24H,11-14,16H2,1-3H3,(H,26,27). The van der Waals surface area contributed by atoms with Crippen molar-refractivity contribution in [2.75, 3.05) is 18.0 Å². The number of hydrogen-bond donors (Lipinski definition) is 2. The molecule has 1 aliphatic rings. The van der Waals surface area contributed by atoms with E-state index in [2.05, 4.69) is 55.3 Å². The Kier molecular flexibility index (Phi) is 5.85. The van der Waals surface area contributed by atoms with Gasteiger partial charge in [0.2, 0.25) is 0 Å². The molecule has 0 saturated carbocycles. The Morgan fingerprint density at radius 3 is 2.37 bits per heavy atom. The lowest BCUT2D eigenvalue weighted by molar-refractivity contribution is 0.0696. The van der Waals surface area contributed by atoms with E-state index >= 15 is 0 Å². The first-order chi connectivity index (χ1) is 12.8. The molecule has 2 aromatic rings. The highest BCUT2D eigenvalue weighted by molar-refractivity contribution is 5.87. The van der Waals surface area contributed by atoms with Gasteiger partial charge in [0.1, 0.15) is 0 Å². The number of aromatic carboxylic acids is 1. The molecule has 4 nitrogen and oxygen atoms in total. The van der Waals surface area contributed by atoms with Gasteiger partial charge in [0.05, 0.1) is 5.56 Å². The minimum atomic E-state index is -0.873. The van der Waals surface area contributed by atoms with E-state index in [1.165, 1.54) is 11.3 Å². The van der Waals surface area contributed by atoms with Crippen molar-refractivity contribution in [3.63, 3.8) is 0 Å². The quantitative estimate of drug-likeness (QED) is 0.821. The van der Waals surface area contributed by atoms with Crippen LogP contribution in [-0.2, 0) is 12.0 Å². The van der Waals surface area contributed by atoms with Crippen molar-refractivity contribution in [2.24, 2.45) is 0 Å². The number of carboxylic acid groups (broad SMARTS) is 1. The first-order valence-electron chi connectivity index (χ1n) is 9.74. The molecule has 1 heterocycles. The Labute approximate surface area is 162 Å². The van der Waals surface area contributed by atoms with Crippen LogP contribution in [0.5, 0.6) is 0 Å². The van der Waals surface area contributed by atoms with Gasteiger partial charge in [-0.2, -0.15) is 0 Å². The highest BCUT2D eigenvalue weighted by Gasteiger charge is 2.20. The van der Waals surface area contributed by atoms with Crippen LogP contribution in [0.2, 0.25) is 0 Å². The van der Waals surface area contributed by atoms with Crippen molar-refractivity contribution in [3.05, 3.63) is 65.2 Å². The monoisotopic (exact) mass is 366 g/mol. The maximum atomic E-state index is 11.1. The highest BCUT2D eigenvalue weighted by atomic mass is 16.4. The van der Waals surface area contributed by atoms with Gasteiger partial charge in [-0.25, -0.2) is 4.79 Å². The predicted molar refractivity (Wildman–Crippen MR) is 111 cm³/mol. The smallest absolute Gasteiger partial charge is 0.335 e. The zero-order valence-electron chi connectivity index (χ0n) is 16.5. The molecule has 2 N–H and O–H groups in total. The lowest BCUT2D eigenvalue weighted by Crippen LogP contribution is -2.42. The van der Waals surface area contributed by atoms with Gasteiger partial charge < -0.3 is 15.3 Å². The van der Waals surface area contributed by atoms with Gasteiger partial charge in [0.15, 0.2) is 0 Å². The third kappa shape index (κ3) is 5.10. The van der Waals surface area contributed by atoms with E-state index < -0.39 is 5.97 Å². The van der Waals surface area contributed by atoms with Gasteiger partial charge in [-0.05, 0) is 53.6 Å². The van der Waals surface area contributed by atoms with E-state index in [9.17, 15) is 4.79 Å². The number of piperidine rings is 1. The van der Waals surface area contributed by atoms with Gasteiger partial charge in [0.25, 0.3) is 0 Å². The minimum Gasteiger partial charge on any atom is -0.478 e. The molecule has 0 amide bonds. The number of rotatable bonds is 5. The van der Waals surface area contributed by atoms with Crippen LogP contribution in [0.4, 0.5) is 5.69 Å². The Balaban J connectivity index is 1.50. The topological polar surface area (TPSA) is 52.6 Å². The molecule has 1 fully saturated rings. The number of nitrogens with zero attached hydrogens (tertiary/aromatic N) is 1. The van der Waals surface area contributed by atoms with E-state index in [4.69, 9.17) is 5.11 Å². The molecule has 1 saturated heterocycles. The van der Waals surface area contributed by atoms with Crippen molar-refractivity contribution >= 4 is 11.7 Å². The van der Waals surface area contributed by atoms with Crippen LogP contribution in [0.3, 0.4) is 0 Å². The number of carboxylic acids is 1. The van der Waals surface area contributed by atoms with Crippen LogP contribution >= 0.6 is 0 Å². The summed E-state index contributed by atoms with van der Waals surface area (Å²) >= 11 is 0. The summed E-state index contributed by atoms with van der Waals surface area (Å²) < 4.78 is 0. The molecule has 0 aliphatic carbocycles. The molecule has 0 bridgehead atoms. The highest BCUT2D eigenvalue weighted by Crippen LogP contribution is 2.26. The Hall–Kier alpha value is -2.33. The number of hydrogen-bond acceptors (Lipinski definition) is 3. The molecule has 0 spiro atoms. The summed E-state index contributed by atoms with van der Waals surface area (Å²) in [4.78, 5) is 13.5. The molecule has 0 radical (unpaired) electrons. The SMILES string of the molecule is CC(C)(C)c1ccc(N2CCC(NCc3cccc(C(=O)O)c3)CC2)cc1. The average molecular weight is 367 g/mol. The number of benzene rings is 2. The molecular weight excluding hydrogens is 336 g/mol. The zero-order valence-corrected chi connectivity index (χ0v) is 16.5. The number of anilines is 1. The van der Waals surface area contributed by atoms with E-state index in [1.807, 2.05) is 12.1 Å². The second kappa shape index (κ2) is 8.13. The van der Waals surface area contributed by atoms with Crippen LogP contribution in [0.1, 0.15) is 55.1 Å².